The van der Waals surface area contributed by atoms with Gasteiger partial charge in [0.05, 0.1) is 18.4 Å². The molecule has 0 saturated heterocycles. The van der Waals surface area contributed by atoms with E-state index in [-0.39, 0.29) is 5.56 Å². The number of aryl methyl sites for hydroxylation is 1. The van der Waals surface area contributed by atoms with E-state index < -0.39 is 0 Å². The number of hydrogen-bond donors (Lipinski definition) is 0. The maximum Gasteiger partial charge on any atom is 0.272 e. The van der Waals surface area contributed by atoms with Gasteiger partial charge in [0.2, 0.25) is 0 Å². The van der Waals surface area contributed by atoms with Crippen molar-refractivity contribution in [1.82, 2.24) is 9.55 Å². The molecule has 0 bridgehead atoms. The molecule has 21 heavy (non-hydrogen) atoms. The van der Waals surface area contributed by atoms with Crippen LogP contribution in [0.15, 0.2) is 71.7 Å². The van der Waals surface area contributed by atoms with E-state index in [0.717, 1.165) is 16.8 Å². The molecule has 0 atom stereocenters. The average Bonchev–Trinajstić information content (AvgIpc) is 2.54. The Labute approximate surface area is 123 Å². The van der Waals surface area contributed by atoms with Crippen molar-refractivity contribution in [2.24, 2.45) is 0 Å². The first kappa shape index (κ1) is 13.3. The molecule has 0 fully saturated rings. The van der Waals surface area contributed by atoms with E-state index in [9.17, 15) is 4.79 Å². The molecule has 1 aromatic heterocycles. The van der Waals surface area contributed by atoms with Crippen LogP contribution in [-0.4, -0.2) is 9.55 Å². The van der Waals surface area contributed by atoms with Crippen molar-refractivity contribution < 1.29 is 0 Å². The van der Waals surface area contributed by atoms with Gasteiger partial charge in [-0.2, -0.15) is 0 Å². The van der Waals surface area contributed by atoms with Crippen molar-refractivity contribution in [3.05, 3.63) is 88.5 Å². The molecule has 0 aliphatic heterocycles. The molecule has 3 aromatic rings. The lowest BCUT2D eigenvalue weighted by Gasteiger charge is -2.13. The highest BCUT2D eigenvalue weighted by Gasteiger charge is 2.09. The number of rotatable bonds is 3. The first-order valence-corrected chi connectivity index (χ1v) is 6.91. The van der Waals surface area contributed by atoms with Gasteiger partial charge in [0.25, 0.3) is 5.56 Å². The molecule has 104 valence electrons. The molecular weight excluding hydrogens is 260 g/mol. The summed E-state index contributed by atoms with van der Waals surface area (Å²) in [5.41, 5.74) is 3.42. The molecule has 0 saturated carbocycles. The Hall–Kier alpha value is -2.68. The van der Waals surface area contributed by atoms with Gasteiger partial charge in [-0.3, -0.25) is 9.78 Å². The highest BCUT2D eigenvalue weighted by molar-refractivity contribution is 5.58. The molecule has 1 heterocycles. The average molecular weight is 276 g/mol. The fourth-order valence-corrected chi connectivity index (χ4v) is 2.35. The van der Waals surface area contributed by atoms with Gasteiger partial charge in [0.15, 0.2) is 0 Å². The normalized spacial score (nSPS) is 10.5. The van der Waals surface area contributed by atoms with Gasteiger partial charge in [-0.1, -0.05) is 60.7 Å². The molecule has 0 aliphatic carbocycles. The predicted octanol–water partition coefficient (Wildman–Crippen LogP) is 3.27. The third-order valence-corrected chi connectivity index (χ3v) is 3.48. The summed E-state index contributed by atoms with van der Waals surface area (Å²) < 4.78 is 1.78. The molecule has 3 nitrogen and oxygen atoms in total. The Morgan fingerprint density at radius 2 is 1.57 bits per heavy atom. The van der Waals surface area contributed by atoms with Gasteiger partial charge in [0, 0.05) is 0 Å². The van der Waals surface area contributed by atoms with E-state index in [1.54, 1.807) is 17.7 Å². The summed E-state index contributed by atoms with van der Waals surface area (Å²) in [6, 6.07) is 19.9. The largest absolute Gasteiger partial charge is 0.301 e. The Morgan fingerprint density at radius 3 is 2.24 bits per heavy atom. The summed E-state index contributed by atoms with van der Waals surface area (Å²) in [7, 11) is 0. The van der Waals surface area contributed by atoms with Crippen LogP contribution in [0.4, 0.5) is 0 Å². The zero-order valence-corrected chi connectivity index (χ0v) is 11.9. The minimum absolute atomic E-state index is 0.0415. The summed E-state index contributed by atoms with van der Waals surface area (Å²) in [6.45, 7) is 2.30. The van der Waals surface area contributed by atoms with E-state index in [1.165, 1.54) is 0 Å². The van der Waals surface area contributed by atoms with Gasteiger partial charge in [-0.15, -0.1) is 0 Å². The maximum absolute atomic E-state index is 12.5. The highest BCUT2D eigenvalue weighted by atomic mass is 16.1. The molecule has 0 radical (unpaired) electrons. The number of aromatic nitrogens is 2. The molecule has 0 aliphatic rings. The summed E-state index contributed by atoms with van der Waals surface area (Å²) in [5, 5.41) is 0. The monoisotopic (exact) mass is 276 g/mol. The van der Waals surface area contributed by atoms with Crippen LogP contribution in [0.1, 0.15) is 11.3 Å². The zero-order chi connectivity index (χ0) is 14.7. The van der Waals surface area contributed by atoms with Crippen molar-refractivity contribution in [3.63, 3.8) is 0 Å². The van der Waals surface area contributed by atoms with Gasteiger partial charge < -0.3 is 4.57 Å². The van der Waals surface area contributed by atoms with E-state index >= 15 is 0 Å². The van der Waals surface area contributed by atoms with Crippen LogP contribution in [-0.2, 0) is 6.54 Å². The minimum Gasteiger partial charge on any atom is -0.301 e. The van der Waals surface area contributed by atoms with Crippen LogP contribution in [0, 0.1) is 6.92 Å². The molecule has 2 aromatic carbocycles. The molecular formula is C18H16N2O. The molecule has 3 heteroatoms. The standard InChI is InChI=1S/C18H16N2O/c1-14-18(21)20(13-15-8-4-2-5-9-15)17(12-19-14)16-10-6-3-7-11-16/h2-12H,13H2,1H3. The topological polar surface area (TPSA) is 34.9 Å². The Kier molecular flexibility index (Phi) is 3.65. The zero-order valence-electron chi connectivity index (χ0n) is 11.9. The fraction of sp³-hybridized carbons (Fsp3) is 0.111. The van der Waals surface area contributed by atoms with Crippen molar-refractivity contribution in [1.29, 1.82) is 0 Å². The third-order valence-electron chi connectivity index (χ3n) is 3.48. The lowest BCUT2D eigenvalue weighted by molar-refractivity contribution is 0.746. The van der Waals surface area contributed by atoms with Gasteiger partial charge in [-0.05, 0) is 18.1 Å². The van der Waals surface area contributed by atoms with Crippen molar-refractivity contribution >= 4 is 0 Å². The van der Waals surface area contributed by atoms with Crippen molar-refractivity contribution in [3.8, 4) is 11.3 Å². The number of nitrogens with zero attached hydrogens (tertiary/aromatic N) is 2. The lowest BCUT2D eigenvalue weighted by Crippen LogP contribution is -2.25. The summed E-state index contributed by atoms with van der Waals surface area (Å²) in [6.07, 6.45) is 1.77. The Balaban J connectivity index is 2.14. The van der Waals surface area contributed by atoms with Crippen LogP contribution >= 0.6 is 0 Å². The molecule has 0 amide bonds. The fourth-order valence-electron chi connectivity index (χ4n) is 2.35. The van der Waals surface area contributed by atoms with Crippen LogP contribution < -0.4 is 5.56 Å². The first-order valence-electron chi connectivity index (χ1n) is 6.91. The van der Waals surface area contributed by atoms with Gasteiger partial charge in [-0.25, -0.2) is 0 Å². The van der Waals surface area contributed by atoms with Gasteiger partial charge >= 0.3 is 0 Å². The molecule has 0 spiro atoms. The Morgan fingerprint density at radius 1 is 0.952 bits per heavy atom. The van der Waals surface area contributed by atoms with Crippen LogP contribution in [0.5, 0.6) is 0 Å². The SMILES string of the molecule is Cc1ncc(-c2ccccc2)n(Cc2ccccc2)c1=O. The second kappa shape index (κ2) is 5.75. The van der Waals surface area contributed by atoms with Gasteiger partial charge in [0.1, 0.15) is 5.69 Å². The quantitative estimate of drug-likeness (QED) is 0.736. The molecule has 3 rings (SSSR count). The summed E-state index contributed by atoms with van der Waals surface area (Å²) in [5.74, 6) is 0. The van der Waals surface area contributed by atoms with E-state index in [1.807, 2.05) is 60.7 Å². The third kappa shape index (κ3) is 2.77. The lowest BCUT2D eigenvalue weighted by atomic mass is 10.1. The van der Waals surface area contributed by atoms with Crippen LogP contribution in [0.25, 0.3) is 11.3 Å². The van der Waals surface area contributed by atoms with E-state index in [4.69, 9.17) is 0 Å². The molecule has 0 unspecified atom stereocenters. The second-order valence-corrected chi connectivity index (χ2v) is 4.97. The summed E-state index contributed by atoms with van der Waals surface area (Å²) >= 11 is 0. The smallest absolute Gasteiger partial charge is 0.272 e. The Bertz CT molecular complexity index is 792. The van der Waals surface area contributed by atoms with Crippen molar-refractivity contribution in [2.75, 3.05) is 0 Å². The minimum atomic E-state index is -0.0415. The molecule has 0 N–H and O–H groups in total. The maximum atomic E-state index is 12.5. The summed E-state index contributed by atoms with van der Waals surface area (Å²) in [4.78, 5) is 16.7. The number of benzene rings is 2. The van der Waals surface area contributed by atoms with Crippen LogP contribution in [0.2, 0.25) is 0 Å². The van der Waals surface area contributed by atoms with Crippen molar-refractivity contribution in [2.45, 2.75) is 13.5 Å². The second-order valence-electron chi connectivity index (χ2n) is 4.97. The van der Waals surface area contributed by atoms with E-state index in [0.29, 0.717) is 12.2 Å². The predicted molar refractivity (Wildman–Crippen MR) is 84.2 cm³/mol. The number of hydrogen-bond acceptors (Lipinski definition) is 2. The van der Waals surface area contributed by atoms with E-state index in [2.05, 4.69) is 4.98 Å². The van der Waals surface area contributed by atoms with Crippen LogP contribution in [0.3, 0.4) is 0 Å². The highest BCUT2D eigenvalue weighted by Crippen LogP contribution is 2.17. The first-order chi connectivity index (χ1) is 10.3.